The molecule has 0 saturated heterocycles. The average molecular weight is 347 g/mol. The van der Waals surface area contributed by atoms with E-state index in [4.69, 9.17) is 16.6 Å². The molecule has 2 heterocycles. The maximum absolute atomic E-state index is 6.28. The molecule has 1 aliphatic carbocycles. The summed E-state index contributed by atoms with van der Waals surface area (Å²) < 4.78 is 1.83. The van der Waals surface area contributed by atoms with Gasteiger partial charge in [-0.15, -0.1) is 0 Å². The Bertz CT molecular complexity index is 725. The fourth-order valence-electron chi connectivity index (χ4n) is 3.32. The van der Waals surface area contributed by atoms with Crippen LogP contribution in [0, 0.1) is 0 Å². The molecule has 6 heteroatoms. The van der Waals surface area contributed by atoms with Crippen LogP contribution in [0.2, 0.25) is 17.1 Å². The molecule has 2 aromatic rings. The number of hydrogen-bond acceptors (Lipinski definition) is 3. The Balaban J connectivity index is 1.98. The van der Waals surface area contributed by atoms with Crippen LogP contribution < -0.4 is 5.32 Å². The molecule has 2 radical (unpaired) electrons. The third kappa shape index (κ3) is 3.31. The van der Waals surface area contributed by atoms with Gasteiger partial charge in [0, 0.05) is 21.6 Å². The molecular weight excluding hydrogens is 324 g/mol. The molecule has 0 amide bonds. The van der Waals surface area contributed by atoms with Crippen molar-refractivity contribution < 1.29 is 0 Å². The molecule has 122 valence electrons. The average Bonchev–Trinajstić information content (AvgIpc) is 3.16. The molecule has 1 saturated carbocycles. The Morgan fingerprint density at radius 1 is 1.52 bits per heavy atom. The lowest BCUT2D eigenvalue weighted by Crippen LogP contribution is -2.18. The minimum Gasteiger partial charge on any atom is -0.367 e. The fourth-order valence-corrected chi connectivity index (χ4v) is 4.46. The van der Waals surface area contributed by atoms with Crippen molar-refractivity contribution in [2.75, 3.05) is 5.32 Å². The highest BCUT2D eigenvalue weighted by molar-refractivity contribution is 6.35. The summed E-state index contributed by atoms with van der Waals surface area (Å²) in [5, 5.41) is 8.68. The number of anilines is 1. The summed E-state index contributed by atoms with van der Waals surface area (Å²) in [4.78, 5) is 4.70. The van der Waals surface area contributed by atoms with E-state index in [1.165, 1.54) is 24.8 Å². The summed E-state index contributed by atoms with van der Waals surface area (Å²) >= 11 is 6.28. The molecule has 3 rings (SSSR count). The van der Waals surface area contributed by atoms with Crippen molar-refractivity contribution in [2.24, 2.45) is 0 Å². The first-order valence-electron chi connectivity index (χ1n) is 8.29. The normalized spacial score (nSPS) is 22.0. The molecule has 0 bridgehead atoms. The van der Waals surface area contributed by atoms with E-state index in [0.29, 0.717) is 11.1 Å². The topological polar surface area (TPSA) is 42.2 Å². The minimum absolute atomic E-state index is 0.518. The van der Waals surface area contributed by atoms with Gasteiger partial charge in [-0.1, -0.05) is 37.6 Å². The zero-order valence-electron chi connectivity index (χ0n) is 13.9. The number of fused-ring (bicyclic) bond motifs is 1. The summed E-state index contributed by atoms with van der Waals surface area (Å²) in [5.41, 5.74) is 3.81. The zero-order valence-corrected chi connectivity index (χ0v) is 15.7. The van der Waals surface area contributed by atoms with E-state index in [-0.39, 0.29) is 0 Å². The van der Waals surface area contributed by atoms with E-state index in [2.05, 4.69) is 43.0 Å². The molecule has 0 spiro atoms. The predicted octanol–water partition coefficient (Wildman–Crippen LogP) is 4.70. The lowest BCUT2D eigenvalue weighted by atomic mass is 10.1. The largest absolute Gasteiger partial charge is 0.367 e. The minimum atomic E-state index is 0.518. The highest BCUT2D eigenvalue weighted by atomic mass is 35.5. The summed E-state index contributed by atoms with van der Waals surface area (Å²) in [6, 6.07) is 2.63. The first kappa shape index (κ1) is 16.5. The summed E-state index contributed by atoms with van der Waals surface area (Å²) in [5.74, 6) is 0.995. The van der Waals surface area contributed by atoms with Crippen LogP contribution in [0.15, 0.2) is 18.3 Å². The van der Waals surface area contributed by atoms with E-state index in [9.17, 15) is 0 Å². The van der Waals surface area contributed by atoms with Gasteiger partial charge in [-0.05, 0) is 37.3 Å². The SMILES string of the molecule is C/C=C(\CC)c1cc(N[C@H]2CCC([Si]C)C2)n2ncc(Cl)c2n1. The molecule has 2 aromatic heterocycles. The highest BCUT2D eigenvalue weighted by Crippen LogP contribution is 2.33. The maximum atomic E-state index is 6.28. The number of halogens is 1. The third-order valence-corrected chi connectivity index (χ3v) is 6.29. The molecule has 1 fully saturated rings. The van der Waals surface area contributed by atoms with E-state index >= 15 is 0 Å². The van der Waals surface area contributed by atoms with Gasteiger partial charge in [-0.2, -0.15) is 9.61 Å². The van der Waals surface area contributed by atoms with Crippen LogP contribution in [0.4, 0.5) is 5.82 Å². The van der Waals surface area contributed by atoms with Crippen molar-refractivity contribution >= 4 is 38.2 Å². The second-order valence-corrected chi connectivity index (χ2v) is 7.86. The van der Waals surface area contributed by atoms with Crippen LogP contribution in [0.3, 0.4) is 0 Å². The summed E-state index contributed by atoms with van der Waals surface area (Å²) in [7, 11) is 1.03. The molecule has 0 aliphatic heterocycles. The molecule has 1 N–H and O–H groups in total. The van der Waals surface area contributed by atoms with E-state index in [1.807, 2.05) is 4.52 Å². The Morgan fingerprint density at radius 2 is 2.35 bits per heavy atom. The summed E-state index contributed by atoms with van der Waals surface area (Å²) in [6.45, 7) is 6.51. The van der Waals surface area contributed by atoms with Gasteiger partial charge < -0.3 is 5.32 Å². The van der Waals surface area contributed by atoms with Crippen molar-refractivity contribution in [3.8, 4) is 0 Å². The predicted molar refractivity (Wildman–Crippen MR) is 98.6 cm³/mol. The number of aromatic nitrogens is 3. The summed E-state index contributed by atoms with van der Waals surface area (Å²) in [6.07, 6.45) is 8.54. The second-order valence-electron chi connectivity index (χ2n) is 6.06. The van der Waals surface area contributed by atoms with Crippen LogP contribution in [0.5, 0.6) is 0 Å². The zero-order chi connectivity index (χ0) is 16.4. The number of nitrogens with zero attached hydrogens (tertiary/aromatic N) is 3. The van der Waals surface area contributed by atoms with E-state index in [0.717, 1.165) is 38.6 Å². The number of nitrogens with one attached hydrogen (secondary N) is 1. The maximum Gasteiger partial charge on any atom is 0.176 e. The Hall–Kier alpha value is -1.33. The van der Waals surface area contributed by atoms with Crippen molar-refractivity contribution in [1.82, 2.24) is 14.6 Å². The first-order valence-corrected chi connectivity index (χ1v) is 10.2. The van der Waals surface area contributed by atoms with Crippen LogP contribution in [-0.4, -0.2) is 30.2 Å². The number of allylic oxidation sites excluding steroid dienone is 2. The van der Waals surface area contributed by atoms with Gasteiger partial charge in [0.1, 0.15) is 10.8 Å². The monoisotopic (exact) mass is 346 g/mol. The fraction of sp³-hybridized carbons (Fsp3) is 0.529. The van der Waals surface area contributed by atoms with Crippen LogP contribution in [0.1, 0.15) is 45.2 Å². The molecule has 23 heavy (non-hydrogen) atoms. The Morgan fingerprint density at radius 3 is 3.00 bits per heavy atom. The van der Waals surface area contributed by atoms with Crippen molar-refractivity contribution in [3.63, 3.8) is 0 Å². The molecule has 0 aromatic carbocycles. The van der Waals surface area contributed by atoms with Gasteiger partial charge in [-0.25, -0.2) is 4.98 Å². The Labute approximate surface area is 145 Å². The smallest absolute Gasteiger partial charge is 0.176 e. The molecule has 4 nitrogen and oxygen atoms in total. The van der Waals surface area contributed by atoms with Gasteiger partial charge in [0.15, 0.2) is 5.65 Å². The van der Waals surface area contributed by atoms with Gasteiger partial charge in [-0.3, -0.25) is 0 Å². The standard InChI is InChI=1S/C17H23ClN4Si/c1-4-11(5-2)15-9-16(20-12-6-7-13(8-12)23-3)22-17(21-15)14(18)10-19-22/h4,9-10,12-13,20H,5-8H2,1-3H3/b11-4+/t12-,13?/m0/s1. The van der Waals surface area contributed by atoms with Gasteiger partial charge in [0.2, 0.25) is 0 Å². The van der Waals surface area contributed by atoms with Gasteiger partial charge in [0.25, 0.3) is 0 Å². The van der Waals surface area contributed by atoms with Crippen molar-refractivity contribution in [3.05, 3.63) is 29.1 Å². The molecular formula is C17H23ClN4Si. The van der Waals surface area contributed by atoms with Crippen LogP contribution >= 0.6 is 11.6 Å². The van der Waals surface area contributed by atoms with E-state index < -0.39 is 0 Å². The number of hydrogen-bond donors (Lipinski definition) is 1. The highest BCUT2D eigenvalue weighted by Gasteiger charge is 2.24. The lowest BCUT2D eigenvalue weighted by Gasteiger charge is -2.16. The number of rotatable bonds is 5. The van der Waals surface area contributed by atoms with E-state index in [1.54, 1.807) is 6.20 Å². The van der Waals surface area contributed by atoms with Crippen LogP contribution in [-0.2, 0) is 0 Å². The van der Waals surface area contributed by atoms with Gasteiger partial charge >= 0.3 is 0 Å². The molecule has 2 atom stereocenters. The van der Waals surface area contributed by atoms with Crippen molar-refractivity contribution in [2.45, 2.75) is 57.7 Å². The van der Waals surface area contributed by atoms with Gasteiger partial charge in [0.05, 0.1) is 11.9 Å². The molecule has 1 unspecified atom stereocenters. The third-order valence-electron chi connectivity index (χ3n) is 4.68. The first-order chi connectivity index (χ1) is 11.2. The Kier molecular flexibility index (Phi) is 5.07. The quantitative estimate of drug-likeness (QED) is 0.798. The second kappa shape index (κ2) is 7.05. The van der Waals surface area contributed by atoms with Crippen LogP contribution in [0.25, 0.3) is 11.2 Å². The van der Waals surface area contributed by atoms with Crippen molar-refractivity contribution in [1.29, 1.82) is 0 Å². The lowest BCUT2D eigenvalue weighted by molar-refractivity contribution is 0.739. The molecule has 1 aliphatic rings.